The van der Waals surface area contributed by atoms with Crippen LogP contribution in [0, 0.1) is 5.92 Å². The number of hydrogen-bond acceptors (Lipinski definition) is 4. The third-order valence-corrected chi connectivity index (χ3v) is 3.34. The molecule has 0 N–H and O–H groups in total. The lowest BCUT2D eigenvalue weighted by Gasteiger charge is -2.21. The number of rotatable bonds is 5. The van der Waals surface area contributed by atoms with E-state index in [0.29, 0.717) is 18.1 Å². The number of benzene rings is 1. The van der Waals surface area contributed by atoms with Crippen LogP contribution in [0.2, 0.25) is 0 Å². The van der Waals surface area contributed by atoms with Crippen molar-refractivity contribution in [3.63, 3.8) is 0 Å². The predicted molar refractivity (Wildman–Crippen MR) is 71.0 cm³/mol. The highest BCUT2D eigenvalue weighted by Crippen LogP contribution is 2.15. The van der Waals surface area contributed by atoms with E-state index in [1.165, 1.54) is 7.11 Å². The van der Waals surface area contributed by atoms with Crippen LogP contribution < -0.4 is 0 Å². The minimum Gasteiger partial charge on any atom is -0.465 e. The van der Waals surface area contributed by atoms with E-state index in [1.807, 2.05) is 12.1 Å². The molecule has 1 aliphatic rings. The Labute approximate surface area is 113 Å². The van der Waals surface area contributed by atoms with Crippen LogP contribution in [0.3, 0.4) is 0 Å². The molecule has 0 aliphatic carbocycles. The summed E-state index contributed by atoms with van der Waals surface area (Å²) in [5, 5.41) is 0. The van der Waals surface area contributed by atoms with Crippen molar-refractivity contribution in [3.8, 4) is 0 Å². The van der Waals surface area contributed by atoms with Gasteiger partial charge in [0.2, 0.25) is 0 Å². The van der Waals surface area contributed by atoms with Gasteiger partial charge >= 0.3 is 5.97 Å². The Hall–Kier alpha value is -1.39. The summed E-state index contributed by atoms with van der Waals surface area (Å²) in [6.07, 6.45) is 2.17. The molecule has 1 aromatic rings. The van der Waals surface area contributed by atoms with E-state index in [1.54, 1.807) is 12.1 Å². The number of methoxy groups -OCH3 is 1. The van der Waals surface area contributed by atoms with E-state index >= 15 is 0 Å². The van der Waals surface area contributed by atoms with Gasteiger partial charge < -0.3 is 14.2 Å². The second-order valence-electron chi connectivity index (χ2n) is 4.76. The molecule has 104 valence electrons. The van der Waals surface area contributed by atoms with Crippen molar-refractivity contribution in [2.45, 2.75) is 19.4 Å². The van der Waals surface area contributed by atoms with Gasteiger partial charge in [-0.25, -0.2) is 4.79 Å². The number of ether oxygens (including phenoxy) is 3. The normalized spacial score (nSPS) is 16.3. The van der Waals surface area contributed by atoms with Gasteiger partial charge in [0.25, 0.3) is 0 Å². The van der Waals surface area contributed by atoms with Crippen LogP contribution >= 0.6 is 0 Å². The molecule has 0 aromatic heterocycles. The number of hydrogen-bond donors (Lipinski definition) is 0. The second-order valence-corrected chi connectivity index (χ2v) is 4.76. The van der Waals surface area contributed by atoms with E-state index in [9.17, 15) is 4.79 Å². The standard InChI is InChI=1S/C15H20O4/c1-17-15(16)14-4-2-12(3-5-14)10-19-11-13-6-8-18-9-7-13/h2-5,13H,6-11H2,1H3. The first-order valence-corrected chi connectivity index (χ1v) is 6.62. The van der Waals surface area contributed by atoms with Gasteiger partial charge in [0, 0.05) is 13.2 Å². The molecule has 19 heavy (non-hydrogen) atoms. The fourth-order valence-electron chi connectivity index (χ4n) is 2.11. The van der Waals surface area contributed by atoms with Gasteiger partial charge in [-0.2, -0.15) is 0 Å². The average molecular weight is 264 g/mol. The number of carbonyl (C=O) groups is 1. The SMILES string of the molecule is COC(=O)c1ccc(COCC2CCOCC2)cc1. The molecule has 1 aliphatic heterocycles. The molecular weight excluding hydrogens is 244 g/mol. The Kier molecular flexibility index (Phi) is 5.36. The van der Waals surface area contributed by atoms with Gasteiger partial charge in [-0.3, -0.25) is 0 Å². The highest BCUT2D eigenvalue weighted by molar-refractivity contribution is 5.89. The van der Waals surface area contributed by atoms with Crippen molar-refractivity contribution < 1.29 is 19.0 Å². The van der Waals surface area contributed by atoms with Crippen LogP contribution in [0.5, 0.6) is 0 Å². The maximum Gasteiger partial charge on any atom is 0.337 e. The Bertz CT molecular complexity index is 393. The van der Waals surface area contributed by atoms with E-state index < -0.39 is 0 Å². The highest BCUT2D eigenvalue weighted by atomic mass is 16.5. The van der Waals surface area contributed by atoms with Crippen LogP contribution in [0.25, 0.3) is 0 Å². The van der Waals surface area contributed by atoms with Crippen molar-refractivity contribution in [1.29, 1.82) is 0 Å². The minimum atomic E-state index is -0.310. The lowest BCUT2D eigenvalue weighted by atomic mass is 10.0. The van der Waals surface area contributed by atoms with Crippen LogP contribution in [-0.4, -0.2) is 32.9 Å². The molecule has 1 heterocycles. The van der Waals surface area contributed by atoms with Crippen molar-refractivity contribution in [1.82, 2.24) is 0 Å². The summed E-state index contributed by atoms with van der Waals surface area (Å²) < 4.78 is 15.7. The third-order valence-electron chi connectivity index (χ3n) is 3.34. The molecular formula is C15H20O4. The molecule has 0 radical (unpaired) electrons. The smallest absolute Gasteiger partial charge is 0.337 e. The molecule has 1 fully saturated rings. The van der Waals surface area contributed by atoms with E-state index in [4.69, 9.17) is 9.47 Å². The van der Waals surface area contributed by atoms with Crippen molar-refractivity contribution in [2.24, 2.45) is 5.92 Å². The first-order chi connectivity index (χ1) is 9.29. The topological polar surface area (TPSA) is 44.8 Å². The zero-order valence-electron chi connectivity index (χ0n) is 11.3. The summed E-state index contributed by atoms with van der Waals surface area (Å²) in [5.41, 5.74) is 1.63. The Morgan fingerprint density at radius 2 is 1.95 bits per heavy atom. The lowest BCUT2D eigenvalue weighted by molar-refractivity contribution is 0.0157. The molecule has 0 unspecified atom stereocenters. The van der Waals surface area contributed by atoms with E-state index in [0.717, 1.165) is 38.2 Å². The summed E-state index contributed by atoms with van der Waals surface area (Å²) in [7, 11) is 1.38. The zero-order chi connectivity index (χ0) is 13.5. The summed E-state index contributed by atoms with van der Waals surface area (Å²) in [6, 6.07) is 7.32. The van der Waals surface area contributed by atoms with Crippen molar-refractivity contribution in [3.05, 3.63) is 35.4 Å². The molecule has 0 spiro atoms. The Morgan fingerprint density at radius 1 is 1.26 bits per heavy atom. The molecule has 0 atom stereocenters. The number of esters is 1. The van der Waals surface area contributed by atoms with Gasteiger partial charge in [-0.15, -0.1) is 0 Å². The van der Waals surface area contributed by atoms with Crippen LogP contribution in [-0.2, 0) is 20.8 Å². The fourth-order valence-corrected chi connectivity index (χ4v) is 2.11. The minimum absolute atomic E-state index is 0.310. The molecule has 0 amide bonds. The second kappa shape index (κ2) is 7.26. The summed E-state index contributed by atoms with van der Waals surface area (Å²) >= 11 is 0. The lowest BCUT2D eigenvalue weighted by Crippen LogP contribution is -2.20. The number of carbonyl (C=O) groups excluding carboxylic acids is 1. The summed E-state index contributed by atoms with van der Waals surface area (Å²) in [4.78, 5) is 11.3. The van der Waals surface area contributed by atoms with Gasteiger partial charge in [0.05, 0.1) is 25.9 Å². The molecule has 1 aromatic carbocycles. The average Bonchev–Trinajstić information content (AvgIpc) is 2.48. The Balaban J connectivity index is 1.75. The van der Waals surface area contributed by atoms with E-state index in [-0.39, 0.29) is 5.97 Å². The molecule has 0 saturated carbocycles. The molecule has 0 bridgehead atoms. The van der Waals surface area contributed by atoms with Crippen LogP contribution in [0.1, 0.15) is 28.8 Å². The summed E-state index contributed by atoms with van der Waals surface area (Å²) in [5.74, 6) is 0.303. The van der Waals surface area contributed by atoms with E-state index in [2.05, 4.69) is 4.74 Å². The quantitative estimate of drug-likeness (QED) is 0.766. The van der Waals surface area contributed by atoms with Crippen LogP contribution in [0.4, 0.5) is 0 Å². The monoisotopic (exact) mass is 264 g/mol. The third kappa shape index (κ3) is 4.33. The maximum atomic E-state index is 11.3. The summed E-state index contributed by atoms with van der Waals surface area (Å²) in [6.45, 7) is 3.06. The zero-order valence-corrected chi connectivity index (χ0v) is 11.3. The van der Waals surface area contributed by atoms with Gasteiger partial charge in [0.15, 0.2) is 0 Å². The van der Waals surface area contributed by atoms with Gasteiger partial charge in [-0.1, -0.05) is 12.1 Å². The fraction of sp³-hybridized carbons (Fsp3) is 0.533. The highest BCUT2D eigenvalue weighted by Gasteiger charge is 2.13. The molecule has 2 rings (SSSR count). The van der Waals surface area contributed by atoms with Crippen molar-refractivity contribution >= 4 is 5.97 Å². The maximum absolute atomic E-state index is 11.3. The Morgan fingerprint density at radius 3 is 2.58 bits per heavy atom. The first-order valence-electron chi connectivity index (χ1n) is 6.62. The van der Waals surface area contributed by atoms with Crippen LogP contribution in [0.15, 0.2) is 24.3 Å². The molecule has 4 heteroatoms. The first kappa shape index (κ1) is 14.0. The van der Waals surface area contributed by atoms with Gasteiger partial charge in [0.1, 0.15) is 0 Å². The largest absolute Gasteiger partial charge is 0.465 e. The van der Waals surface area contributed by atoms with Gasteiger partial charge in [-0.05, 0) is 36.5 Å². The molecule has 4 nitrogen and oxygen atoms in total. The molecule has 1 saturated heterocycles. The van der Waals surface area contributed by atoms with Crippen molar-refractivity contribution in [2.75, 3.05) is 26.9 Å². The predicted octanol–water partition coefficient (Wildman–Crippen LogP) is 2.42.